The highest BCUT2D eigenvalue weighted by Crippen LogP contribution is 2.27. The van der Waals surface area contributed by atoms with Crippen molar-refractivity contribution in [2.45, 2.75) is 56.2 Å². The Hall–Kier alpha value is -3.93. The number of amides is 1. The quantitative estimate of drug-likeness (QED) is 0.368. The molecule has 11 heteroatoms. The van der Waals surface area contributed by atoms with Crippen molar-refractivity contribution in [3.8, 4) is 11.4 Å². The second-order valence-electron chi connectivity index (χ2n) is 10.5. The van der Waals surface area contributed by atoms with E-state index < -0.39 is 39.0 Å². The maximum Gasteiger partial charge on any atom is 0.251 e. The molecule has 1 aromatic carbocycles. The number of pyridine rings is 3. The van der Waals surface area contributed by atoms with Crippen LogP contribution in [0.5, 0.6) is 0 Å². The van der Waals surface area contributed by atoms with E-state index in [9.17, 15) is 13.2 Å². The fraction of sp³-hybridized carbons (Fsp3) is 0.355. The fourth-order valence-corrected chi connectivity index (χ4v) is 6.34. The molecule has 2 aliphatic rings. The van der Waals surface area contributed by atoms with Gasteiger partial charge in [-0.1, -0.05) is 12.1 Å². The molecule has 1 N–H and O–H groups in total. The van der Waals surface area contributed by atoms with E-state index in [2.05, 4.69) is 15.2 Å². The Morgan fingerprint density at radius 3 is 2.64 bits per heavy atom. The van der Waals surface area contributed by atoms with E-state index in [0.29, 0.717) is 22.6 Å². The zero-order chi connectivity index (χ0) is 33.0. The summed E-state index contributed by atoms with van der Waals surface area (Å²) in [5, 5.41) is 1.81. The number of carbonyl (C=O) groups excluding carboxylic acids is 1. The third-order valence-corrected chi connectivity index (χ3v) is 9.18. The van der Waals surface area contributed by atoms with Crippen molar-refractivity contribution >= 4 is 32.5 Å². The molecule has 5 heterocycles. The van der Waals surface area contributed by atoms with Gasteiger partial charge in [-0.25, -0.2) is 18.4 Å². The highest BCUT2D eigenvalue weighted by atomic mass is 32.2. The second kappa shape index (κ2) is 11.4. The molecule has 1 saturated heterocycles. The van der Waals surface area contributed by atoms with Crippen LogP contribution in [0.25, 0.3) is 22.3 Å². The number of anilines is 1. The highest BCUT2D eigenvalue weighted by molar-refractivity contribution is 7.92. The molecule has 0 radical (unpaired) electrons. The average molecular weight is 592 g/mol. The van der Waals surface area contributed by atoms with Gasteiger partial charge in [0.05, 0.1) is 70.1 Å². The predicted octanol–water partition coefficient (Wildman–Crippen LogP) is 3.93. The Kier molecular flexibility index (Phi) is 6.40. The zero-order valence-electron chi connectivity index (χ0n) is 27.4. The van der Waals surface area contributed by atoms with Crippen LogP contribution in [-0.4, -0.2) is 66.4 Å². The van der Waals surface area contributed by atoms with Crippen LogP contribution < -0.4 is 10.2 Å². The molecule has 1 amide bonds. The van der Waals surface area contributed by atoms with Gasteiger partial charge in [-0.2, -0.15) is 0 Å². The summed E-state index contributed by atoms with van der Waals surface area (Å²) in [6.45, 7) is 1.17. The number of hydrogen-bond donors (Lipinski definition) is 1. The molecule has 42 heavy (non-hydrogen) atoms. The van der Waals surface area contributed by atoms with Gasteiger partial charge in [-0.3, -0.25) is 9.78 Å². The lowest BCUT2D eigenvalue weighted by molar-refractivity contribution is -0.00545. The number of ether oxygens (including phenoxy) is 2. The van der Waals surface area contributed by atoms with E-state index in [0.717, 1.165) is 43.4 Å². The first-order valence-electron chi connectivity index (χ1n) is 15.6. The summed E-state index contributed by atoms with van der Waals surface area (Å²) in [5.74, 6) is 0.234. The van der Waals surface area contributed by atoms with Gasteiger partial charge in [0.15, 0.2) is 9.84 Å². The van der Waals surface area contributed by atoms with Crippen LogP contribution in [-0.2, 0) is 32.4 Å². The third-order valence-electron chi connectivity index (χ3n) is 7.20. The van der Waals surface area contributed by atoms with Crippen molar-refractivity contribution in [2.24, 2.45) is 0 Å². The molecule has 0 bridgehead atoms. The summed E-state index contributed by atoms with van der Waals surface area (Å²) in [5.41, 5.74) is 2.15. The third kappa shape index (κ3) is 5.72. The lowest BCUT2D eigenvalue weighted by Gasteiger charge is -2.36. The Bertz CT molecular complexity index is 1930. The fourth-order valence-electron chi connectivity index (χ4n) is 5.08. The van der Waals surface area contributed by atoms with E-state index in [-0.39, 0.29) is 29.9 Å². The molecule has 0 spiro atoms. The van der Waals surface area contributed by atoms with Gasteiger partial charge >= 0.3 is 0 Å². The SMILES string of the molecule is [2H]C1([2H])OC([2H])([2H])[C@@H](C)S(=O)(=O)c2cc(C(=O)NCc3cc4nc(-c5cccc(N6C[C@@H](C)O[C@@H](C)C6)n5)ccc4cn3)ccc21. The summed E-state index contributed by atoms with van der Waals surface area (Å²) in [6, 6.07) is 14.8. The molecule has 6 rings (SSSR count). The number of fused-ring (bicyclic) bond motifs is 2. The molecule has 10 nitrogen and oxygen atoms in total. The second-order valence-corrected chi connectivity index (χ2v) is 12.7. The van der Waals surface area contributed by atoms with Crippen molar-refractivity contribution in [3.63, 3.8) is 0 Å². The number of benzene rings is 1. The minimum Gasteiger partial charge on any atom is -0.375 e. The van der Waals surface area contributed by atoms with E-state index in [4.69, 9.17) is 24.9 Å². The van der Waals surface area contributed by atoms with E-state index >= 15 is 0 Å². The first-order chi connectivity index (χ1) is 21.6. The van der Waals surface area contributed by atoms with Gasteiger partial charge in [-0.15, -0.1) is 0 Å². The standard InChI is InChI=1S/C31H33N5O5S/c1-19-15-36(16-20(2)41-19)30-6-4-5-26(35-30)27-10-9-23-13-32-25(12-28(23)34-27)14-33-31(37)22-7-8-24-18-40-17-21(3)42(38,39)29(24)11-22/h4-13,19-21H,14-18H2,1-3H3,(H,33,37)/t19-,20+,21-/m1/s1/i17D2,18D2. The lowest BCUT2D eigenvalue weighted by Crippen LogP contribution is -2.45. The number of aromatic nitrogens is 3. The zero-order valence-corrected chi connectivity index (χ0v) is 24.2. The van der Waals surface area contributed by atoms with Gasteiger partial charge in [0.25, 0.3) is 5.91 Å². The molecule has 0 aliphatic carbocycles. The van der Waals surface area contributed by atoms with Crippen molar-refractivity contribution in [1.29, 1.82) is 0 Å². The van der Waals surface area contributed by atoms with Gasteiger partial charge < -0.3 is 19.7 Å². The number of sulfone groups is 1. The monoisotopic (exact) mass is 591 g/mol. The summed E-state index contributed by atoms with van der Waals surface area (Å²) in [6.07, 6.45) is 1.85. The van der Waals surface area contributed by atoms with Gasteiger partial charge in [-0.05, 0) is 68.8 Å². The predicted molar refractivity (Wildman–Crippen MR) is 159 cm³/mol. The molecule has 3 aromatic heterocycles. The Balaban J connectivity index is 1.21. The maximum absolute atomic E-state index is 13.2. The number of hydrogen-bond acceptors (Lipinski definition) is 9. The molecule has 0 saturated carbocycles. The van der Waals surface area contributed by atoms with Crippen molar-refractivity contribution in [1.82, 2.24) is 20.3 Å². The molecule has 2 aliphatic heterocycles. The topological polar surface area (TPSA) is 124 Å². The van der Waals surface area contributed by atoms with Crippen LogP contribution in [0.4, 0.5) is 5.82 Å². The molecular weight excluding hydrogens is 554 g/mol. The molecular formula is C31H33N5O5S. The smallest absolute Gasteiger partial charge is 0.251 e. The average Bonchev–Trinajstić information content (AvgIpc) is 3.05. The number of nitrogens with one attached hydrogen (secondary N) is 1. The summed E-state index contributed by atoms with van der Waals surface area (Å²) >= 11 is 0. The number of carbonyl (C=O) groups is 1. The Morgan fingerprint density at radius 2 is 1.83 bits per heavy atom. The van der Waals surface area contributed by atoms with Gasteiger partial charge in [0.1, 0.15) is 5.82 Å². The first kappa shape index (κ1) is 23.6. The summed E-state index contributed by atoms with van der Waals surface area (Å²) in [4.78, 5) is 28.9. The van der Waals surface area contributed by atoms with Crippen LogP contribution in [0.1, 0.15) is 47.9 Å². The minimum atomic E-state index is -4.38. The molecule has 1 fully saturated rings. The van der Waals surface area contributed by atoms with Gasteiger partial charge in [0.2, 0.25) is 0 Å². The van der Waals surface area contributed by atoms with Crippen molar-refractivity contribution in [3.05, 3.63) is 77.6 Å². The Labute approximate surface area is 250 Å². The van der Waals surface area contributed by atoms with Crippen molar-refractivity contribution < 1.29 is 28.2 Å². The van der Waals surface area contributed by atoms with Crippen LogP contribution in [0, 0.1) is 0 Å². The van der Waals surface area contributed by atoms with E-state index in [1.54, 1.807) is 12.3 Å². The first-order valence-corrected chi connectivity index (χ1v) is 15.2. The molecule has 4 aromatic rings. The van der Waals surface area contributed by atoms with E-state index in [1.165, 1.54) is 6.07 Å². The molecule has 218 valence electrons. The van der Waals surface area contributed by atoms with Crippen molar-refractivity contribution in [2.75, 3.05) is 24.5 Å². The minimum absolute atomic E-state index is 0.00847. The molecule has 0 unspecified atom stereocenters. The van der Waals surface area contributed by atoms with Crippen LogP contribution in [0.15, 0.2) is 65.7 Å². The van der Waals surface area contributed by atoms with Gasteiger partial charge in [0, 0.05) is 30.2 Å². The van der Waals surface area contributed by atoms with Crippen LogP contribution in [0.2, 0.25) is 0 Å². The summed E-state index contributed by atoms with van der Waals surface area (Å²) in [7, 11) is -4.38. The molecule has 3 atom stereocenters. The lowest BCUT2D eigenvalue weighted by atomic mass is 10.1. The highest BCUT2D eigenvalue weighted by Gasteiger charge is 2.30. The van der Waals surface area contributed by atoms with E-state index in [1.807, 2.05) is 44.2 Å². The van der Waals surface area contributed by atoms with Crippen LogP contribution >= 0.6 is 0 Å². The number of morpholine rings is 1. The normalized spacial score (nSPS) is 25.7. The summed E-state index contributed by atoms with van der Waals surface area (Å²) < 4.78 is 69.5. The Morgan fingerprint density at radius 1 is 1.05 bits per heavy atom. The number of rotatable bonds is 5. The van der Waals surface area contributed by atoms with Crippen LogP contribution in [0.3, 0.4) is 0 Å². The number of nitrogens with zero attached hydrogens (tertiary/aromatic N) is 4. The largest absolute Gasteiger partial charge is 0.375 e. The maximum atomic E-state index is 13.2.